The van der Waals surface area contributed by atoms with Crippen molar-refractivity contribution in [1.29, 1.82) is 0 Å². The molecule has 150 valence electrons. The van der Waals surface area contributed by atoms with Crippen molar-refractivity contribution in [3.05, 3.63) is 89.2 Å². The first kappa shape index (κ1) is 20.5. The smallest absolute Gasteiger partial charge is 0.264 e. The number of rotatable bonds is 5. The normalized spacial score (nSPS) is 11.2. The van der Waals surface area contributed by atoms with Crippen LogP contribution < -0.4 is 9.62 Å². The fraction of sp³-hybridized carbons (Fsp3) is 0.136. The molecule has 0 bridgehead atoms. The van der Waals surface area contributed by atoms with E-state index in [1.807, 2.05) is 19.1 Å². The number of halogens is 1. The first-order valence-corrected chi connectivity index (χ1v) is 10.4. The second kappa shape index (κ2) is 8.05. The largest absolute Gasteiger partial charge is 0.319 e. The summed E-state index contributed by atoms with van der Waals surface area (Å²) in [5.74, 6) is -1.15. The Morgan fingerprint density at radius 2 is 1.59 bits per heavy atom. The summed E-state index contributed by atoms with van der Waals surface area (Å²) in [6.07, 6.45) is 0. The molecule has 0 fully saturated rings. The number of aryl methyl sites for hydroxylation is 2. The van der Waals surface area contributed by atoms with E-state index in [2.05, 4.69) is 5.32 Å². The van der Waals surface area contributed by atoms with Crippen LogP contribution in [-0.2, 0) is 10.0 Å². The highest BCUT2D eigenvalue weighted by Gasteiger charge is 2.22. The van der Waals surface area contributed by atoms with Gasteiger partial charge in [0.25, 0.3) is 15.9 Å². The Morgan fingerprint density at radius 1 is 0.931 bits per heavy atom. The fourth-order valence-electron chi connectivity index (χ4n) is 2.77. The van der Waals surface area contributed by atoms with Gasteiger partial charge in [0, 0.05) is 12.6 Å². The highest BCUT2D eigenvalue weighted by molar-refractivity contribution is 7.92. The standard InChI is InChI=1S/C22H21FN2O3S/c1-15-7-10-18(11-8-15)25(3)29(27,28)19-6-4-5-17(14-19)22(26)24-21-12-9-16(2)13-20(21)23/h4-14H,1-3H3,(H,24,26). The summed E-state index contributed by atoms with van der Waals surface area (Å²) in [6, 6.07) is 17.2. The Balaban J connectivity index is 1.87. The van der Waals surface area contributed by atoms with Crippen molar-refractivity contribution in [3.8, 4) is 0 Å². The Hall–Kier alpha value is -3.19. The SMILES string of the molecule is Cc1ccc(N(C)S(=O)(=O)c2cccc(C(=O)Nc3ccc(C)cc3F)c2)cc1. The van der Waals surface area contributed by atoms with Crippen LogP contribution in [0.25, 0.3) is 0 Å². The van der Waals surface area contributed by atoms with Crippen LogP contribution in [0.1, 0.15) is 21.5 Å². The van der Waals surface area contributed by atoms with Gasteiger partial charge in [0.05, 0.1) is 16.3 Å². The lowest BCUT2D eigenvalue weighted by molar-refractivity contribution is 0.102. The lowest BCUT2D eigenvalue weighted by atomic mass is 10.2. The third-order valence-electron chi connectivity index (χ3n) is 4.52. The summed E-state index contributed by atoms with van der Waals surface area (Å²) in [6.45, 7) is 3.66. The highest BCUT2D eigenvalue weighted by Crippen LogP contribution is 2.23. The predicted octanol–water partition coefficient (Wildman–Crippen LogP) is 4.52. The molecule has 0 aromatic heterocycles. The molecular weight excluding hydrogens is 391 g/mol. The van der Waals surface area contributed by atoms with Gasteiger partial charge in [-0.3, -0.25) is 9.10 Å². The van der Waals surface area contributed by atoms with Crippen LogP contribution in [0.2, 0.25) is 0 Å². The topological polar surface area (TPSA) is 66.5 Å². The molecule has 3 aromatic carbocycles. The number of sulfonamides is 1. The van der Waals surface area contributed by atoms with Crippen molar-refractivity contribution in [2.24, 2.45) is 0 Å². The van der Waals surface area contributed by atoms with Gasteiger partial charge >= 0.3 is 0 Å². The molecule has 0 aliphatic rings. The molecule has 0 saturated carbocycles. The second-order valence-corrected chi connectivity index (χ2v) is 8.74. The van der Waals surface area contributed by atoms with E-state index in [1.165, 1.54) is 43.4 Å². The average Bonchev–Trinajstić information content (AvgIpc) is 2.70. The van der Waals surface area contributed by atoms with Crippen molar-refractivity contribution in [3.63, 3.8) is 0 Å². The number of nitrogens with zero attached hydrogens (tertiary/aromatic N) is 1. The number of benzene rings is 3. The van der Waals surface area contributed by atoms with Crippen molar-refractivity contribution >= 4 is 27.3 Å². The number of amides is 1. The van der Waals surface area contributed by atoms with Crippen molar-refractivity contribution in [2.45, 2.75) is 18.7 Å². The zero-order valence-electron chi connectivity index (χ0n) is 16.3. The summed E-state index contributed by atoms with van der Waals surface area (Å²) >= 11 is 0. The third kappa shape index (κ3) is 4.46. The van der Waals surface area contributed by atoms with Gasteiger partial charge in [-0.2, -0.15) is 0 Å². The fourth-order valence-corrected chi connectivity index (χ4v) is 4.01. The van der Waals surface area contributed by atoms with Crippen molar-refractivity contribution in [1.82, 2.24) is 0 Å². The first-order chi connectivity index (χ1) is 13.7. The number of nitrogens with one attached hydrogen (secondary N) is 1. The Bertz CT molecular complexity index is 1160. The predicted molar refractivity (Wildman–Crippen MR) is 112 cm³/mol. The van der Waals surface area contributed by atoms with E-state index in [9.17, 15) is 17.6 Å². The highest BCUT2D eigenvalue weighted by atomic mass is 32.2. The van der Waals surface area contributed by atoms with E-state index in [0.29, 0.717) is 5.69 Å². The molecule has 0 atom stereocenters. The van der Waals surface area contributed by atoms with Crippen molar-refractivity contribution < 1.29 is 17.6 Å². The minimum Gasteiger partial charge on any atom is -0.319 e. The first-order valence-electron chi connectivity index (χ1n) is 8.91. The van der Waals surface area contributed by atoms with E-state index < -0.39 is 21.7 Å². The monoisotopic (exact) mass is 412 g/mol. The molecule has 3 aromatic rings. The molecule has 7 heteroatoms. The minimum absolute atomic E-state index is 0.0300. The molecule has 1 N–H and O–H groups in total. The molecule has 0 aliphatic heterocycles. The number of anilines is 2. The molecule has 0 unspecified atom stereocenters. The Labute approximate surface area is 169 Å². The zero-order chi connectivity index (χ0) is 21.2. The van der Waals surface area contributed by atoms with Crippen LogP contribution in [0.3, 0.4) is 0 Å². The molecule has 0 saturated heterocycles. The molecule has 1 amide bonds. The van der Waals surface area contributed by atoms with Gasteiger partial charge in [-0.25, -0.2) is 12.8 Å². The minimum atomic E-state index is -3.87. The van der Waals surface area contributed by atoms with Gasteiger partial charge in [0.2, 0.25) is 0 Å². The van der Waals surface area contributed by atoms with Gasteiger partial charge in [-0.15, -0.1) is 0 Å². The van der Waals surface area contributed by atoms with Gasteiger partial charge in [-0.1, -0.05) is 29.8 Å². The molecule has 5 nitrogen and oxygen atoms in total. The number of carbonyl (C=O) groups excluding carboxylic acids is 1. The zero-order valence-corrected chi connectivity index (χ0v) is 17.1. The second-order valence-electron chi connectivity index (χ2n) is 6.77. The Kier molecular flexibility index (Phi) is 5.70. The Morgan fingerprint density at radius 3 is 2.24 bits per heavy atom. The van der Waals surface area contributed by atoms with Crippen LogP contribution in [0.4, 0.5) is 15.8 Å². The van der Waals surface area contributed by atoms with Crippen LogP contribution in [0, 0.1) is 19.7 Å². The molecule has 29 heavy (non-hydrogen) atoms. The van der Waals surface area contributed by atoms with Crippen molar-refractivity contribution in [2.75, 3.05) is 16.7 Å². The third-order valence-corrected chi connectivity index (χ3v) is 6.31. The van der Waals surface area contributed by atoms with Gasteiger partial charge in [0.15, 0.2) is 0 Å². The quantitative estimate of drug-likeness (QED) is 0.670. The maximum Gasteiger partial charge on any atom is 0.264 e. The molecular formula is C22H21FN2O3S. The average molecular weight is 412 g/mol. The summed E-state index contributed by atoms with van der Waals surface area (Å²) in [5.41, 5.74) is 2.40. The van der Waals surface area contributed by atoms with Gasteiger partial charge in [0.1, 0.15) is 5.82 Å². The maximum atomic E-state index is 14.0. The summed E-state index contributed by atoms with van der Waals surface area (Å²) in [5, 5.41) is 2.48. The summed E-state index contributed by atoms with van der Waals surface area (Å²) in [4.78, 5) is 12.5. The van der Waals surface area contributed by atoms with E-state index in [-0.39, 0.29) is 16.1 Å². The lowest BCUT2D eigenvalue weighted by Gasteiger charge is -2.20. The maximum absolute atomic E-state index is 14.0. The van der Waals surface area contributed by atoms with Gasteiger partial charge < -0.3 is 5.32 Å². The van der Waals surface area contributed by atoms with E-state index in [4.69, 9.17) is 0 Å². The molecule has 0 spiro atoms. The number of carbonyl (C=O) groups is 1. The molecule has 0 aliphatic carbocycles. The van der Waals surface area contributed by atoms with E-state index in [0.717, 1.165) is 15.4 Å². The number of hydrogen-bond donors (Lipinski definition) is 1. The van der Waals surface area contributed by atoms with Gasteiger partial charge in [-0.05, 0) is 61.9 Å². The molecule has 0 radical (unpaired) electrons. The van der Waals surface area contributed by atoms with Crippen LogP contribution in [0.15, 0.2) is 71.6 Å². The number of hydrogen-bond acceptors (Lipinski definition) is 3. The van der Waals surface area contributed by atoms with Crippen LogP contribution in [-0.4, -0.2) is 21.4 Å². The lowest BCUT2D eigenvalue weighted by Crippen LogP contribution is -2.26. The van der Waals surface area contributed by atoms with Crippen LogP contribution >= 0.6 is 0 Å². The van der Waals surface area contributed by atoms with E-state index >= 15 is 0 Å². The molecule has 3 rings (SSSR count). The summed E-state index contributed by atoms with van der Waals surface area (Å²) < 4.78 is 41.1. The van der Waals surface area contributed by atoms with Crippen LogP contribution in [0.5, 0.6) is 0 Å². The van der Waals surface area contributed by atoms with E-state index in [1.54, 1.807) is 25.1 Å². The summed E-state index contributed by atoms with van der Waals surface area (Å²) in [7, 11) is -2.42. The molecule has 0 heterocycles.